The predicted molar refractivity (Wildman–Crippen MR) is 84.3 cm³/mol. The van der Waals surface area contributed by atoms with Gasteiger partial charge in [-0.2, -0.15) is 0 Å². The molecule has 0 saturated heterocycles. The van der Waals surface area contributed by atoms with Crippen molar-refractivity contribution < 1.29 is 4.74 Å². The Morgan fingerprint density at radius 2 is 1.95 bits per heavy atom. The number of thiophene rings is 1. The highest BCUT2D eigenvalue weighted by molar-refractivity contribution is 7.18. The zero-order valence-electron chi connectivity index (χ0n) is 13.0. The van der Waals surface area contributed by atoms with Crippen LogP contribution in [0.2, 0.25) is 0 Å². The van der Waals surface area contributed by atoms with Crippen molar-refractivity contribution in [2.75, 3.05) is 0 Å². The minimum Gasteiger partial charge on any atom is -0.370 e. The molecule has 3 rings (SSSR count). The maximum absolute atomic E-state index is 12.8. The van der Waals surface area contributed by atoms with E-state index >= 15 is 0 Å². The van der Waals surface area contributed by atoms with Gasteiger partial charge < -0.3 is 4.74 Å². The summed E-state index contributed by atoms with van der Waals surface area (Å²) < 4.78 is 8.76. The van der Waals surface area contributed by atoms with Crippen molar-refractivity contribution in [1.82, 2.24) is 9.13 Å². The van der Waals surface area contributed by atoms with Crippen LogP contribution in [0, 0.1) is 0 Å². The van der Waals surface area contributed by atoms with Gasteiger partial charge in [-0.1, -0.05) is 0 Å². The van der Waals surface area contributed by atoms with Gasteiger partial charge in [0.05, 0.1) is 17.6 Å². The van der Waals surface area contributed by atoms with Crippen molar-refractivity contribution in [3.8, 4) is 0 Å². The Bertz CT molecular complexity index is 839. The van der Waals surface area contributed by atoms with Crippen LogP contribution in [0.25, 0.3) is 10.2 Å². The first kappa shape index (κ1) is 14.5. The highest BCUT2D eigenvalue weighted by atomic mass is 32.1. The van der Waals surface area contributed by atoms with Gasteiger partial charge in [-0.25, -0.2) is 4.79 Å². The van der Waals surface area contributed by atoms with Crippen molar-refractivity contribution in [1.29, 1.82) is 0 Å². The van der Waals surface area contributed by atoms with Gasteiger partial charge in [-0.3, -0.25) is 13.9 Å². The van der Waals surface area contributed by atoms with Crippen molar-refractivity contribution in [3.63, 3.8) is 0 Å². The molecule has 0 bridgehead atoms. The third-order valence-electron chi connectivity index (χ3n) is 4.02. The van der Waals surface area contributed by atoms with Crippen LogP contribution in [0.4, 0.5) is 0 Å². The SMILES string of the molecule is CC(C)n1c(=O)c2c3c(sc2n(C)c1=O)COC(C)(C)C3. The number of ether oxygens (including phenoxy) is 1. The van der Waals surface area contributed by atoms with Gasteiger partial charge >= 0.3 is 5.69 Å². The lowest BCUT2D eigenvalue weighted by molar-refractivity contribution is -0.0379. The number of aromatic nitrogens is 2. The molecule has 0 atom stereocenters. The second kappa shape index (κ2) is 4.55. The molecule has 6 heteroatoms. The van der Waals surface area contributed by atoms with Crippen LogP contribution in [0.15, 0.2) is 9.59 Å². The molecule has 0 saturated carbocycles. The van der Waals surface area contributed by atoms with Gasteiger partial charge in [0.15, 0.2) is 0 Å². The summed E-state index contributed by atoms with van der Waals surface area (Å²) in [5.41, 5.74) is 0.367. The highest BCUT2D eigenvalue weighted by Crippen LogP contribution is 2.36. The van der Waals surface area contributed by atoms with Crippen molar-refractivity contribution >= 4 is 21.6 Å². The lowest BCUT2D eigenvalue weighted by atomic mass is 9.94. The highest BCUT2D eigenvalue weighted by Gasteiger charge is 2.31. The molecule has 0 fully saturated rings. The van der Waals surface area contributed by atoms with Crippen LogP contribution in [0.1, 0.15) is 44.2 Å². The molecule has 2 aromatic heterocycles. The van der Waals surface area contributed by atoms with E-state index in [1.807, 2.05) is 27.7 Å². The van der Waals surface area contributed by atoms with E-state index < -0.39 is 0 Å². The fraction of sp³-hybridized carbons (Fsp3) is 0.600. The number of nitrogens with zero attached hydrogens (tertiary/aromatic N) is 2. The zero-order valence-corrected chi connectivity index (χ0v) is 13.8. The lowest BCUT2D eigenvalue weighted by Crippen LogP contribution is -2.40. The monoisotopic (exact) mass is 308 g/mol. The van der Waals surface area contributed by atoms with E-state index in [1.54, 1.807) is 11.6 Å². The third kappa shape index (κ3) is 2.08. The molecule has 0 aromatic carbocycles. The Kier molecular flexibility index (Phi) is 3.15. The fourth-order valence-electron chi connectivity index (χ4n) is 2.91. The first-order chi connectivity index (χ1) is 9.73. The average molecular weight is 308 g/mol. The fourth-order valence-corrected chi connectivity index (χ4v) is 4.08. The van der Waals surface area contributed by atoms with Crippen LogP contribution in [-0.4, -0.2) is 14.7 Å². The minimum absolute atomic E-state index is 0.149. The molecule has 2 aromatic rings. The van der Waals surface area contributed by atoms with Gasteiger partial charge in [-0.15, -0.1) is 11.3 Å². The smallest absolute Gasteiger partial charge is 0.332 e. The Balaban J connectivity index is 2.44. The maximum atomic E-state index is 12.8. The van der Waals surface area contributed by atoms with E-state index in [0.29, 0.717) is 18.4 Å². The van der Waals surface area contributed by atoms with E-state index in [1.165, 1.54) is 15.9 Å². The Morgan fingerprint density at radius 1 is 1.29 bits per heavy atom. The maximum Gasteiger partial charge on any atom is 0.332 e. The molecular weight excluding hydrogens is 288 g/mol. The van der Waals surface area contributed by atoms with E-state index in [9.17, 15) is 9.59 Å². The molecule has 0 N–H and O–H groups in total. The van der Waals surface area contributed by atoms with Crippen LogP contribution < -0.4 is 11.2 Å². The summed E-state index contributed by atoms with van der Waals surface area (Å²) >= 11 is 1.50. The van der Waals surface area contributed by atoms with Gasteiger partial charge in [0.2, 0.25) is 0 Å². The van der Waals surface area contributed by atoms with Gasteiger partial charge in [0, 0.05) is 24.4 Å². The van der Waals surface area contributed by atoms with Crippen molar-refractivity contribution in [2.24, 2.45) is 7.05 Å². The number of aryl methyl sites for hydroxylation is 1. The normalized spacial score (nSPS) is 17.4. The quantitative estimate of drug-likeness (QED) is 0.811. The second-order valence-corrected chi connectivity index (χ2v) is 7.60. The third-order valence-corrected chi connectivity index (χ3v) is 5.30. The van der Waals surface area contributed by atoms with Crippen LogP contribution in [0.5, 0.6) is 0 Å². The average Bonchev–Trinajstić information content (AvgIpc) is 2.73. The number of hydrogen-bond acceptors (Lipinski definition) is 4. The Labute approximate surface area is 126 Å². The summed E-state index contributed by atoms with van der Waals surface area (Å²) in [5, 5.41) is 0.696. The minimum atomic E-state index is -0.273. The molecule has 114 valence electrons. The van der Waals surface area contributed by atoms with Gasteiger partial charge in [-0.05, 0) is 33.3 Å². The number of rotatable bonds is 1. The van der Waals surface area contributed by atoms with E-state index in [2.05, 4.69) is 0 Å². The van der Waals surface area contributed by atoms with Crippen LogP contribution in [-0.2, 0) is 24.8 Å². The largest absolute Gasteiger partial charge is 0.370 e. The Morgan fingerprint density at radius 3 is 2.57 bits per heavy atom. The number of fused-ring (bicyclic) bond motifs is 3. The van der Waals surface area contributed by atoms with Gasteiger partial charge in [0.25, 0.3) is 5.56 Å². The molecule has 0 aliphatic carbocycles. The topological polar surface area (TPSA) is 53.2 Å². The first-order valence-corrected chi connectivity index (χ1v) is 7.94. The summed E-state index contributed by atoms with van der Waals surface area (Å²) in [4.78, 5) is 27.0. The summed E-state index contributed by atoms with van der Waals surface area (Å²) in [6.07, 6.45) is 0.702. The molecule has 0 unspecified atom stereocenters. The molecule has 0 amide bonds. The molecule has 5 nitrogen and oxygen atoms in total. The summed E-state index contributed by atoms with van der Waals surface area (Å²) in [5.74, 6) is 0. The second-order valence-electron chi connectivity index (χ2n) is 6.52. The lowest BCUT2D eigenvalue weighted by Gasteiger charge is -2.30. The molecule has 0 radical (unpaired) electrons. The number of hydrogen-bond donors (Lipinski definition) is 0. The van der Waals surface area contributed by atoms with Gasteiger partial charge in [0.1, 0.15) is 4.83 Å². The Hall–Kier alpha value is -1.40. The molecular formula is C15H20N2O3S. The predicted octanol–water partition coefficient (Wildman–Crippen LogP) is 2.19. The summed E-state index contributed by atoms with van der Waals surface area (Å²) in [6, 6.07) is -0.149. The van der Waals surface area contributed by atoms with Crippen molar-refractivity contribution in [3.05, 3.63) is 31.3 Å². The summed E-state index contributed by atoms with van der Waals surface area (Å²) in [6.45, 7) is 8.29. The standard InChI is InChI=1S/C15H20N2O3S/c1-8(2)17-12(18)11-9-6-15(3,4)20-7-10(9)21-13(11)16(5)14(17)19/h8H,6-7H2,1-5H3. The van der Waals surface area contributed by atoms with Crippen LogP contribution in [0.3, 0.4) is 0 Å². The van der Waals surface area contributed by atoms with Crippen molar-refractivity contribution in [2.45, 2.75) is 52.4 Å². The van der Waals surface area contributed by atoms with Crippen LogP contribution >= 0.6 is 11.3 Å². The summed E-state index contributed by atoms with van der Waals surface area (Å²) in [7, 11) is 1.73. The molecule has 0 spiro atoms. The molecule has 21 heavy (non-hydrogen) atoms. The van der Waals surface area contributed by atoms with E-state index in [-0.39, 0.29) is 22.9 Å². The first-order valence-electron chi connectivity index (χ1n) is 7.12. The molecule has 1 aliphatic rings. The zero-order chi connectivity index (χ0) is 15.5. The van der Waals surface area contributed by atoms with E-state index in [4.69, 9.17) is 4.74 Å². The molecule has 3 heterocycles. The molecule has 1 aliphatic heterocycles. The van der Waals surface area contributed by atoms with E-state index in [0.717, 1.165) is 15.3 Å².